The number of rotatable bonds is 7. The van der Waals surface area contributed by atoms with Gasteiger partial charge in [0.25, 0.3) is 0 Å². The van der Waals surface area contributed by atoms with Crippen molar-refractivity contribution in [2.45, 2.75) is 25.9 Å². The van der Waals surface area contributed by atoms with Crippen molar-refractivity contribution in [3.05, 3.63) is 60.2 Å². The highest BCUT2D eigenvalue weighted by atomic mass is 16.5. The van der Waals surface area contributed by atoms with E-state index in [4.69, 9.17) is 4.74 Å². The second-order valence-electron chi connectivity index (χ2n) is 6.95. The first-order valence-electron chi connectivity index (χ1n) is 9.62. The first-order valence-corrected chi connectivity index (χ1v) is 9.62. The van der Waals surface area contributed by atoms with E-state index in [1.165, 1.54) is 0 Å². The van der Waals surface area contributed by atoms with Crippen molar-refractivity contribution in [1.29, 1.82) is 0 Å². The quantitative estimate of drug-likeness (QED) is 0.731. The summed E-state index contributed by atoms with van der Waals surface area (Å²) in [5, 5.41) is 8.95. The highest BCUT2D eigenvalue weighted by molar-refractivity contribution is 6.38. The molecule has 0 aliphatic carbocycles. The van der Waals surface area contributed by atoms with Crippen molar-refractivity contribution >= 4 is 29.0 Å². The zero-order chi connectivity index (χ0) is 20.8. The van der Waals surface area contributed by atoms with Crippen LogP contribution in [0.3, 0.4) is 0 Å². The molecule has 1 atom stereocenters. The molecular formula is C22H26N4O3. The second kappa shape index (κ2) is 9.23. The SMILES string of the molecule is CCOC(=O)C1=NN(c2ccccc2)C(C(=O)NCc2cccc(N(C)C)c2)C1. The zero-order valence-electron chi connectivity index (χ0n) is 17.0. The molecule has 1 heterocycles. The van der Waals surface area contributed by atoms with E-state index in [9.17, 15) is 9.59 Å². The summed E-state index contributed by atoms with van der Waals surface area (Å²) in [4.78, 5) is 27.1. The zero-order valence-corrected chi connectivity index (χ0v) is 17.0. The number of hydrazone groups is 1. The molecule has 0 saturated heterocycles. The van der Waals surface area contributed by atoms with Gasteiger partial charge in [0.1, 0.15) is 11.8 Å². The van der Waals surface area contributed by atoms with Crippen LogP contribution in [-0.2, 0) is 20.9 Å². The number of benzene rings is 2. The molecule has 0 saturated carbocycles. The molecule has 1 N–H and O–H groups in total. The van der Waals surface area contributed by atoms with Gasteiger partial charge in [-0.15, -0.1) is 0 Å². The summed E-state index contributed by atoms with van der Waals surface area (Å²) in [7, 11) is 3.95. The second-order valence-corrected chi connectivity index (χ2v) is 6.95. The Morgan fingerprint density at radius 2 is 1.93 bits per heavy atom. The molecule has 2 aromatic rings. The molecule has 29 heavy (non-hydrogen) atoms. The van der Waals surface area contributed by atoms with Crippen LogP contribution in [0, 0.1) is 0 Å². The standard InChI is InChI=1S/C22H26N4O3/c1-4-29-22(28)19-14-20(26(24-19)17-10-6-5-7-11-17)21(27)23-15-16-9-8-12-18(13-16)25(2)3/h5-13,20H,4,14-15H2,1-3H3,(H,23,27). The van der Waals surface area contributed by atoms with Crippen molar-refractivity contribution in [2.24, 2.45) is 5.10 Å². The minimum absolute atomic E-state index is 0.188. The van der Waals surface area contributed by atoms with Crippen LogP contribution < -0.4 is 15.2 Å². The molecule has 0 aromatic heterocycles. The lowest BCUT2D eigenvalue weighted by atomic mass is 10.1. The van der Waals surface area contributed by atoms with Gasteiger partial charge in [-0.1, -0.05) is 30.3 Å². The number of carbonyl (C=O) groups is 2. The first-order chi connectivity index (χ1) is 14.0. The van der Waals surface area contributed by atoms with Crippen molar-refractivity contribution in [2.75, 3.05) is 30.6 Å². The maximum atomic E-state index is 13.0. The van der Waals surface area contributed by atoms with Gasteiger partial charge in [-0.05, 0) is 36.8 Å². The fourth-order valence-electron chi connectivity index (χ4n) is 3.12. The fourth-order valence-corrected chi connectivity index (χ4v) is 3.12. The number of ether oxygens (including phenoxy) is 1. The van der Waals surface area contributed by atoms with E-state index in [-0.39, 0.29) is 24.6 Å². The third kappa shape index (κ3) is 4.93. The van der Waals surface area contributed by atoms with Gasteiger partial charge in [-0.25, -0.2) is 4.79 Å². The third-order valence-corrected chi connectivity index (χ3v) is 4.64. The van der Waals surface area contributed by atoms with E-state index >= 15 is 0 Å². The van der Waals surface area contributed by atoms with Gasteiger partial charge >= 0.3 is 5.97 Å². The van der Waals surface area contributed by atoms with E-state index in [0.29, 0.717) is 6.54 Å². The molecule has 152 valence electrons. The summed E-state index contributed by atoms with van der Waals surface area (Å²) in [5.74, 6) is -0.672. The Hall–Kier alpha value is -3.35. The fraction of sp³-hybridized carbons (Fsp3) is 0.318. The Balaban J connectivity index is 1.74. The summed E-state index contributed by atoms with van der Waals surface area (Å²) in [6.07, 6.45) is 0.206. The lowest BCUT2D eigenvalue weighted by Crippen LogP contribution is -2.42. The maximum absolute atomic E-state index is 13.0. The number of nitrogens with one attached hydrogen (secondary N) is 1. The number of carbonyl (C=O) groups excluding carboxylic acids is 2. The van der Waals surface area contributed by atoms with Crippen LogP contribution in [0.25, 0.3) is 0 Å². The Morgan fingerprint density at radius 3 is 2.62 bits per heavy atom. The molecule has 3 rings (SSSR count). The Morgan fingerprint density at radius 1 is 1.17 bits per heavy atom. The Kier molecular flexibility index (Phi) is 6.49. The topological polar surface area (TPSA) is 74.2 Å². The highest BCUT2D eigenvalue weighted by Crippen LogP contribution is 2.25. The molecule has 1 aliphatic rings. The van der Waals surface area contributed by atoms with E-state index in [0.717, 1.165) is 16.9 Å². The Bertz CT molecular complexity index is 896. The molecular weight excluding hydrogens is 368 g/mol. The number of para-hydroxylation sites is 1. The van der Waals surface area contributed by atoms with Crippen molar-refractivity contribution in [3.63, 3.8) is 0 Å². The smallest absolute Gasteiger partial charge is 0.354 e. The number of hydrogen-bond acceptors (Lipinski definition) is 6. The van der Waals surface area contributed by atoms with Crippen LogP contribution in [0.5, 0.6) is 0 Å². The van der Waals surface area contributed by atoms with Gasteiger partial charge in [-0.2, -0.15) is 5.10 Å². The molecule has 0 bridgehead atoms. The molecule has 1 aliphatic heterocycles. The van der Waals surface area contributed by atoms with Crippen LogP contribution >= 0.6 is 0 Å². The van der Waals surface area contributed by atoms with Crippen LogP contribution in [0.2, 0.25) is 0 Å². The summed E-state index contributed by atoms with van der Waals surface area (Å²) in [6.45, 7) is 2.41. The predicted octanol–water partition coefficient (Wildman–Crippen LogP) is 2.57. The van der Waals surface area contributed by atoms with Crippen molar-refractivity contribution < 1.29 is 14.3 Å². The van der Waals surface area contributed by atoms with E-state index in [1.807, 2.05) is 73.6 Å². The van der Waals surface area contributed by atoms with Gasteiger partial charge in [0.05, 0.1) is 12.3 Å². The largest absolute Gasteiger partial charge is 0.461 e. The first kappa shape index (κ1) is 20.4. The molecule has 7 heteroatoms. The monoisotopic (exact) mass is 394 g/mol. The van der Waals surface area contributed by atoms with Gasteiger partial charge in [0, 0.05) is 32.7 Å². The number of anilines is 2. The molecule has 1 unspecified atom stereocenters. The van der Waals surface area contributed by atoms with Gasteiger partial charge in [0.15, 0.2) is 0 Å². The average Bonchev–Trinajstić information content (AvgIpc) is 3.19. The molecule has 2 aromatic carbocycles. The molecule has 0 fully saturated rings. The summed E-state index contributed by atoms with van der Waals surface area (Å²) in [6, 6.07) is 16.7. The third-order valence-electron chi connectivity index (χ3n) is 4.64. The maximum Gasteiger partial charge on any atom is 0.354 e. The van der Waals surface area contributed by atoms with Crippen molar-refractivity contribution in [1.82, 2.24) is 5.32 Å². The van der Waals surface area contributed by atoms with Gasteiger partial charge in [0.2, 0.25) is 5.91 Å². The average molecular weight is 394 g/mol. The Labute approximate surface area is 171 Å². The van der Waals surface area contributed by atoms with E-state index in [2.05, 4.69) is 10.4 Å². The lowest BCUT2D eigenvalue weighted by Gasteiger charge is -2.23. The molecule has 0 radical (unpaired) electrons. The summed E-state index contributed by atoms with van der Waals surface area (Å²) < 4.78 is 5.07. The molecule has 7 nitrogen and oxygen atoms in total. The van der Waals surface area contributed by atoms with E-state index in [1.54, 1.807) is 11.9 Å². The van der Waals surface area contributed by atoms with Crippen LogP contribution in [0.4, 0.5) is 11.4 Å². The number of nitrogens with zero attached hydrogens (tertiary/aromatic N) is 3. The molecule has 0 spiro atoms. The number of esters is 1. The number of hydrogen-bond donors (Lipinski definition) is 1. The molecule has 1 amide bonds. The van der Waals surface area contributed by atoms with Crippen LogP contribution in [-0.4, -0.2) is 44.3 Å². The minimum Gasteiger partial charge on any atom is -0.461 e. The summed E-state index contributed by atoms with van der Waals surface area (Å²) in [5.41, 5.74) is 3.07. The van der Waals surface area contributed by atoms with Crippen molar-refractivity contribution in [3.8, 4) is 0 Å². The van der Waals surface area contributed by atoms with Gasteiger partial charge < -0.3 is 15.0 Å². The normalized spacial score (nSPS) is 15.6. The van der Waals surface area contributed by atoms with Gasteiger partial charge in [-0.3, -0.25) is 9.80 Å². The van der Waals surface area contributed by atoms with Crippen LogP contribution in [0.1, 0.15) is 18.9 Å². The lowest BCUT2D eigenvalue weighted by molar-refractivity contribution is -0.135. The highest BCUT2D eigenvalue weighted by Gasteiger charge is 2.36. The summed E-state index contributed by atoms with van der Waals surface area (Å²) >= 11 is 0. The number of amides is 1. The van der Waals surface area contributed by atoms with E-state index < -0.39 is 12.0 Å². The van der Waals surface area contributed by atoms with Crippen LogP contribution in [0.15, 0.2) is 59.7 Å². The predicted molar refractivity (Wildman–Crippen MR) is 114 cm³/mol. The minimum atomic E-state index is -0.603.